The lowest BCUT2D eigenvalue weighted by molar-refractivity contribution is 0.194. The standard InChI is InChI=1S/C25H54O2Si/c1-4-6-8-10-12-14-16-18-20-22-24-26-28(3)27-25-23-21-19-17-15-13-11-9-7-5-2/h28H,4-25H2,1-3H3. The first-order valence-corrected chi connectivity index (χ1v) is 15.1. The fourth-order valence-electron chi connectivity index (χ4n) is 3.73. The normalized spacial score (nSPS) is 11.6. The van der Waals surface area contributed by atoms with Gasteiger partial charge in [0.15, 0.2) is 0 Å². The second-order valence-electron chi connectivity index (χ2n) is 8.67. The molecular formula is C25H54O2Si. The van der Waals surface area contributed by atoms with E-state index in [1.165, 1.54) is 128 Å². The van der Waals surface area contributed by atoms with E-state index in [0.29, 0.717) is 0 Å². The zero-order chi connectivity index (χ0) is 20.5. The Morgan fingerprint density at radius 3 is 0.929 bits per heavy atom. The monoisotopic (exact) mass is 414 g/mol. The third kappa shape index (κ3) is 24.2. The molecule has 2 nitrogen and oxygen atoms in total. The molecule has 0 heterocycles. The van der Waals surface area contributed by atoms with E-state index in [-0.39, 0.29) is 0 Å². The Balaban J connectivity index is 3.12. The molecule has 0 bridgehead atoms. The van der Waals surface area contributed by atoms with Gasteiger partial charge >= 0.3 is 9.28 Å². The highest BCUT2D eigenvalue weighted by Crippen LogP contribution is 2.12. The SMILES string of the molecule is CCCCCCCCCCCCO[SiH](C)OCCCCCCCCCCCC. The van der Waals surface area contributed by atoms with Gasteiger partial charge in [0.2, 0.25) is 0 Å². The van der Waals surface area contributed by atoms with Crippen LogP contribution in [0.1, 0.15) is 142 Å². The smallest absolute Gasteiger partial charge is 0.318 e. The lowest BCUT2D eigenvalue weighted by Crippen LogP contribution is -2.19. The van der Waals surface area contributed by atoms with E-state index in [1.807, 2.05) is 0 Å². The summed E-state index contributed by atoms with van der Waals surface area (Å²) in [7, 11) is -1.36. The molecule has 3 heteroatoms. The second kappa shape index (κ2) is 25.2. The highest BCUT2D eigenvalue weighted by Gasteiger charge is 2.05. The van der Waals surface area contributed by atoms with Crippen molar-refractivity contribution in [2.45, 2.75) is 149 Å². The van der Waals surface area contributed by atoms with Gasteiger partial charge < -0.3 is 8.85 Å². The van der Waals surface area contributed by atoms with Gasteiger partial charge in [-0.05, 0) is 19.4 Å². The van der Waals surface area contributed by atoms with Gasteiger partial charge in [-0.15, -0.1) is 0 Å². The summed E-state index contributed by atoms with van der Waals surface area (Å²) in [5.41, 5.74) is 0. The van der Waals surface area contributed by atoms with Crippen molar-refractivity contribution >= 4 is 9.28 Å². The average Bonchev–Trinajstić information content (AvgIpc) is 2.70. The lowest BCUT2D eigenvalue weighted by Gasteiger charge is -2.12. The topological polar surface area (TPSA) is 18.5 Å². The summed E-state index contributed by atoms with van der Waals surface area (Å²) in [5.74, 6) is 0. The van der Waals surface area contributed by atoms with Crippen molar-refractivity contribution in [1.82, 2.24) is 0 Å². The molecular weight excluding hydrogens is 360 g/mol. The molecule has 0 aliphatic rings. The molecule has 170 valence electrons. The third-order valence-corrected chi connectivity index (χ3v) is 7.11. The molecule has 0 aromatic carbocycles. The van der Waals surface area contributed by atoms with Crippen molar-refractivity contribution in [3.05, 3.63) is 0 Å². The molecule has 0 amide bonds. The molecule has 0 fully saturated rings. The molecule has 0 saturated heterocycles. The van der Waals surface area contributed by atoms with Gasteiger partial charge in [-0.1, -0.05) is 129 Å². The van der Waals surface area contributed by atoms with Gasteiger partial charge in [0.05, 0.1) is 0 Å². The van der Waals surface area contributed by atoms with Crippen LogP contribution < -0.4 is 0 Å². The third-order valence-electron chi connectivity index (χ3n) is 5.70. The molecule has 0 rings (SSSR count). The minimum absolute atomic E-state index is 0.919. The van der Waals surface area contributed by atoms with E-state index in [9.17, 15) is 0 Å². The first-order chi connectivity index (χ1) is 13.8. The Bertz CT molecular complexity index is 247. The zero-order valence-corrected chi connectivity index (χ0v) is 21.1. The largest absolute Gasteiger partial charge is 0.397 e. The van der Waals surface area contributed by atoms with Crippen LogP contribution in [0, 0.1) is 0 Å². The second-order valence-corrected chi connectivity index (χ2v) is 10.5. The highest BCUT2D eigenvalue weighted by molar-refractivity contribution is 6.42. The molecule has 28 heavy (non-hydrogen) atoms. The van der Waals surface area contributed by atoms with Crippen LogP contribution in [0.5, 0.6) is 0 Å². The van der Waals surface area contributed by atoms with Crippen molar-refractivity contribution < 1.29 is 8.85 Å². The Labute approximate surface area is 180 Å². The number of hydrogen-bond acceptors (Lipinski definition) is 2. The molecule has 0 N–H and O–H groups in total. The number of unbranched alkanes of at least 4 members (excludes halogenated alkanes) is 18. The predicted octanol–water partition coefficient (Wildman–Crippen LogP) is 8.71. The van der Waals surface area contributed by atoms with Crippen LogP contribution in [0.3, 0.4) is 0 Å². The van der Waals surface area contributed by atoms with E-state index < -0.39 is 9.28 Å². The van der Waals surface area contributed by atoms with Crippen molar-refractivity contribution in [2.75, 3.05) is 13.2 Å². The summed E-state index contributed by atoms with van der Waals surface area (Å²) in [5, 5.41) is 0. The molecule has 0 saturated carbocycles. The van der Waals surface area contributed by atoms with Gasteiger partial charge in [0, 0.05) is 13.2 Å². The van der Waals surface area contributed by atoms with Crippen LogP contribution in [0.15, 0.2) is 0 Å². The summed E-state index contributed by atoms with van der Waals surface area (Å²) >= 11 is 0. The minimum atomic E-state index is -1.36. The fraction of sp³-hybridized carbons (Fsp3) is 1.00. The quantitative estimate of drug-likeness (QED) is 0.116. The van der Waals surface area contributed by atoms with Crippen LogP contribution in [-0.4, -0.2) is 22.5 Å². The molecule has 0 atom stereocenters. The van der Waals surface area contributed by atoms with E-state index in [0.717, 1.165) is 13.2 Å². The first kappa shape index (κ1) is 28.1. The lowest BCUT2D eigenvalue weighted by atomic mass is 10.1. The molecule has 0 aromatic heterocycles. The fourth-order valence-corrected chi connectivity index (χ4v) is 4.82. The molecule has 0 spiro atoms. The van der Waals surface area contributed by atoms with Crippen LogP contribution >= 0.6 is 0 Å². The molecule has 0 aromatic rings. The predicted molar refractivity (Wildman–Crippen MR) is 129 cm³/mol. The Kier molecular flexibility index (Phi) is 25.3. The molecule has 0 aliphatic carbocycles. The van der Waals surface area contributed by atoms with E-state index >= 15 is 0 Å². The maximum absolute atomic E-state index is 5.92. The van der Waals surface area contributed by atoms with Crippen LogP contribution in [-0.2, 0) is 8.85 Å². The zero-order valence-electron chi connectivity index (χ0n) is 20.0. The number of rotatable bonds is 24. The first-order valence-electron chi connectivity index (χ1n) is 13.0. The highest BCUT2D eigenvalue weighted by atomic mass is 28.3. The van der Waals surface area contributed by atoms with Gasteiger partial charge in [0.25, 0.3) is 0 Å². The van der Waals surface area contributed by atoms with Crippen molar-refractivity contribution in [3.63, 3.8) is 0 Å². The summed E-state index contributed by atoms with van der Waals surface area (Å²) in [6.07, 6.45) is 27.7. The number of hydrogen-bond donors (Lipinski definition) is 0. The average molecular weight is 415 g/mol. The molecule has 0 unspecified atom stereocenters. The summed E-state index contributed by atoms with van der Waals surface area (Å²) in [4.78, 5) is 0. The summed E-state index contributed by atoms with van der Waals surface area (Å²) in [6, 6.07) is 0. The van der Waals surface area contributed by atoms with Crippen molar-refractivity contribution in [3.8, 4) is 0 Å². The summed E-state index contributed by atoms with van der Waals surface area (Å²) < 4.78 is 11.8. The Hall–Kier alpha value is 0.137. The maximum atomic E-state index is 5.92. The van der Waals surface area contributed by atoms with Gasteiger partial charge in [-0.25, -0.2) is 0 Å². The Morgan fingerprint density at radius 2 is 0.643 bits per heavy atom. The van der Waals surface area contributed by atoms with E-state index in [1.54, 1.807) is 0 Å². The van der Waals surface area contributed by atoms with Crippen LogP contribution in [0.25, 0.3) is 0 Å². The molecule has 0 radical (unpaired) electrons. The van der Waals surface area contributed by atoms with Crippen molar-refractivity contribution in [1.29, 1.82) is 0 Å². The van der Waals surface area contributed by atoms with Crippen molar-refractivity contribution in [2.24, 2.45) is 0 Å². The minimum Gasteiger partial charge on any atom is -0.397 e. The molecule has 0 aliphatic heterocycles. The maximum Gasteiger partial charge on any atom is 0.318 e. The van der Waals surface area contributed by atoms with Crippen LogP contribution in [0.2, 0.25) is 6.55 Å². The van der Waals surface area contributed by atoms with Gasteiger partial charge in [0.1, 0.15) is 0 Å². The van der Waals surface area contributed by atoms with Gasteiger partial charge in [-0.2, -0.15) is 0 Å². The van der Waals surface area contributed by atoms with E-state index in [2.05, 4.69) is 20.4 Å². The summed E-state index contributed by atoms with van der Waals surface area (Å²) in [6.45, 7) is 8.60. The van der Waals surface area contributed by atoms with Gasteiger partial charge in [-0.3, -0.25) is 0 Å². The van der Waals surface area contributed by atoms with Crippen LogP contribution in [0.4, 0.5) is 0 Å². The Morgan fingerprint density at radius 1 is 0.393 bits per heavy atom. The van der Waals surface area contributed by atoms with E-state index in [4.69, 9.17) is 8.85 Å².